The molecular formula is C54H96NO7+. The van der Waals surface area contributed by atoms with E-state index < -0.39 is 18.1 Å². The molecule has 2 atom stereocenters. The molecule has 0 bridgehead atoms. The van der Waals surface area contributed by atoms with Gasteiger partial charge in [0.05, 0.1) is 34.4 Å². The molecule has 0 spiro atoms. The normalized spacial score (nSPS) is 13.4. The van der Waals surface area contributed by atoms with E-state index in [9.17, 15) is 19.5 Å². The quantitative estimate of drug-likeness (QED) is 0.0282. The largest absolute Gasteiger partial charge is 0.477 e. The molecule has 0 aliphatic carbocycles. The van der Waals surface area contributed by atoms with E-state index in [0.29, 0.717) is 19.3 Å². The highest BCUT2D eigenvalue weighted by Crippen LogP contribution is 2.15. The minimum Gasteiger partial charge on any atom is -0.477 e. The Hall–Kier alpha value is -2.97. The fourth-order valence-electron chi connectivity index (χ4n) is 7.26. The van der Waals surface area contributed by atoms with Crippen LogP contribution in [0.15, 0.2) is 60.8 Å². The van der Waals surface area contributed by atoms with Crippen LogP contribution in [0.4, 0.5) is 0 Å². The number of rotatable bonds is 45. The molecule has 0 aliphatic heterocycles. The molecule has 0 aliphatic rings. The first kappa shape index (κ1) is 59.0. The standard InChI is InChI=1S/C54H95NO7/c1-6-8-10-12-14-16-18-20-22-24-25-26-27-29-30-32-34-36-38-40-42-44-52(56)61-49-50(48-60-47-46-51(54(58)59)55(3,4)5)62-53(57)45-43-41-39-37-35-33-31-28-23-21-19-17-15-13-11-9-7-2/h8,10,14,16,21,23,31,33,37,39,50-51H,6-7,9,11-13,15,17-20,22,24-30,32,34-36,38,40-49H2,1-5H3/p+1/b10-8+,16-14+,23-21+,33-31+,39-37+. The lowest BCUT2D eigenvalue weighted by Gasteiger charge is -2.31. The molecule has 0 aromatic rings. The molecule has 62 heavy (non-hydrogen) atoms. The van der Waals surface area contributed by atoms with E-state index in [1.807, 2.05) is 21.1 Å². The third kappa shape index (κ3) is 42.3. The van der Waals surface area contributed by atoms with Gasteiger partial charge in [-0.3, -0.25) is 9.59 Å². The summed E-state index contributed by atoms with van der Waals surface area (Å²) >= 11 is 0. The Morgan fingerprint density at radius 1 is 0.500 bits per heavy atom. The summed E-state index contributed by atoms with van der Waals surface area (Å²) in [6.07, 6.45) is 55.7. The van der Waals surface area contributed by atoms with Crippen LogP contribution in [0.2, 0.25) is 0 Å². The third-order valence-corrected chi connectivity index (χ3v) is 11.2. The summed E-state index contributed by atoms with van der Waals surface area (Å²) in [6, 6.07) is -0.625. The van der Waals surface area contributed by atoms with Gasteiger partial charge in [-0.1, -0.05) is 184 Å². The minimum atomic E-state index is -0.882. The first-order valence-electron chi connectivity index (χ1n) is 25.3. The van der Waals surface area contributed by atoms with Crippen molar-refractivity contribution in [3.63, 3.8) is 0 Å². The highest BCUT2D eigenvalue weighted by atomic mass is 16.6. The second kappa shape index (κ2) is 44.6. The van der Waals surface area contributed by atoms with Crippen LogP contribution in [-0.4, -0.2) is 80.6 Å². The fraction of sp³-hybridized carbons (Fsp3) is 0.759. The Labute approximate surface area is 381 Å². The predicted octanol–water partition coefficient (Wildman–Crippen LogP) is 14.5. The molecule has 0 heterocycles. The molecule has 0 radical (unpaired) electrons. The molecule has 0 aromatic heterocycles. The molecule has 0 saturated heterocycles. The van der Waals surface area contributed by atoms with Crippen LogP contribution >= 0.6 is 0 Å². The first-order chi connectivity index (χ1) is 30.1. The Morgan fingerprint density at radius 2 is 0.919 bits per heavy atom. The van der Waals surface area contributed by atoms with Crippen LogP contribution in [0.5, 0.6) is 0 Å². The summed E-state index contributed by atoms with van der Waals surface area (Å²) in [5.41, 5.74) is 0. The topological polar surface area (TPSA) is 99.1 Å². The second-order valence-electron chi connectivity index (χ2n) is 18.0. The van der Waals surface area contributed by atoms with E-state index in [4.69, 9.17) is 14.2 Å². The SMILES string of the molecule is CC/C=C/C/C=C/CCCCCCCCCCCCCCCCC(=O)OCC(COCCC(C(=O)O)[N+](C)(C)C)OC(=O)CCC/C=C/C/C=C/C/C=C/CCCCCCCC. The van der Waals surface area contributed by atoms with E-state index in [1.54, 1.807) is 0 Å². The van der Waals surface area contributed by atoms with Crippen molar-refractivity contribution < 1.29 is 38.2 Å². The molecule has 8 nitrogen and oxygen atoms in total. The van der Waals surface area contributed by atoms with E-state index >= 15 is 0 Å². The van der Waals surface area contributed by atoms with E-state index in [-0.39, 0.29) is 42.7 Å². The number of carboxylic acid groups (broad SMARTS) is 1. The van der Waals surface area contributed by atoms with Crippen molar-refractivity contribution in [1.29, 1.82) is 0 Å². The van der Waals surface area contributed by atoms with Crippen LogP contribution in [0.3, 0.4) is 0 Å². The number of carbonyl (C=O) groups is 3. The number of nitrogens with zero attached hydrogens (tertiary/aromatic N) is 1. The lowest BCUT2D eigenvalue weighted by atomic mass is 10.0. The molecule has 0 amide bonds. The average molecular weight is 871 g/mol. The molecule has 358 valence electrons. The third-order valence-electron chi connectivity index (χ3n) is 11.2. The zero-order chi connectivity index (χ0) is 45.6. The smallest absolute Gasteiger partial charge is 0.362 e. The first-order valence-corrected chi connectivity index (χ1v) is 25.3. The Kier molecular flexibility index (Phi) is 42.5. The van der Waals surface area contributed by atoms with Crippen molar-refractivity contribution in [2.45, 2.75) is 225 Å². The maximum Gasteiger partial charge on any atom is 0.362 e. The fourth-order valence-corrected chi connectivity index (χ4v) is 7.26. The number of likely N-dealkylation sites (N-methyl/N-ethyl adjacent to an activating group) is 1. The maximum atomic E-state index is 12.8. The Bertz CT molecular complexity index is 1200. The predicted molar refractivity (Wildman–Crippen MR) is 261 cm³/mol. The van der Waals surface area contributed by atoms with Gasteiger partial charge in [-0.05, 0) is 70.6 Å². The number of ether oxygens (including phenoxy) is 3. The number of aliphatic carboxylic acids is 1. The van der Waals surface area contributed by atoms with Crippen molar-refractivity contribution >= 4 is 17.9 Å². The molecule has 1 N–H and O–H groups in total. The number of esters is 2. The summed E-state index contributed by atoms with van der Waals surface area (Å²) < 4.78 is 17.3. The summed E-state index contributed by atoms with van der Waals surface area (Å²) in [7, 11) is 5.52. The maximum absolute atomic E-state index is 12.8. The zero-order valence-corrected chi connectivity index (χ0v) is 40.8. The van der Waals surface area contributed by atoms with Crippen molar-refractivity contribution in [3.05, 3.63) is 60.8 Å². The molecule has 0 fully saturated rings. The summed E-state index contributed by atoms with van der Waals surface area (Å²) in [5, 5.41) is 9.65. The van der Waals surface area contributed by atoms with Crippen molar-refractivity contribution in [1.82, 2.24) is 0 Å². The summed E-state index contributed by atoms with van der Waals surface area (Å²) in [4.78, 5) is 37.1. The van der Waals surface area contributed by atoms with E-state index in [0.717, 1.165) is 51.4 Å². The summed E-state index contributed by atoms with van der Waals surface area (Å²) in [5.74, 6) is -1.53. The van der Waals surface area contributed by atoms with Crippen molar-refractivity contribution in [3.8, 4) is 0 Å². The van der Waals surface area contributed by atoms with Gasteiger partial charge >= 0.3 is 17.9 Å². The van der Waals surface area contributed by atoms with Crippen LogP contribution in [-0.2, 0) is 28.6 Å². The molecule has 2 unspecified atom stereocenters. The second-order valence-corrected chi connectivity index (χ2v) is 18.0. The highest BCUT2D eigenvalue weighted by molar-refractivity contribution is 5.72. The van der Waals surface area contributed by atoms with Gasteiger partial charge in [0.15, 0.2) is 12.1 Å². The number of hydrogen-bond acceptors (Lipinski definition) is 6. The number of quaternary nitrogens is 1. The van der Waals surface area contributed by atoms with E-state index in [2.05, 4.69) is 74.6 Å². The number of allylic oxidation sites excluding steroid dienone is 10. The highest BCUT2D eigenvalue weighted by Gasteiger charge is 2.31. The van der Waals surface area contributed by atoms with Gasteiger partial charge in [0.25, 0.3) is 0 Å². The van der Waals surface area contributed by atoms with E-state index in [1.165, 1.54) is 122 Å². The minimum absolute atomic E-state index is 0.0405. The van der Waals surface area contributed by atoms with Gasteiger partial charge < -0.3 is 23.8 Å². The van der Waals surface area contributed by atoms with Crippen LogP contribution in [0, 0.1) is 0 Å². The molecule has 0 aromatic carbocycles. The number of carbonyl (C=O) groups excluding carboxylic acids is 2. The Balaban J connectivity index is 4.29. The van der Waals surface area contributed by atoms with Gasteiger partial charge in [-0.2, -0.15) is 0 Å². The molecule has 0 saturated carbocycles. The molecular weight excluding hydrogens is 775 g/mol. The van der Waals surface area contributed by atoms with Gasteiger partial charge in [-0.15, -0.1) is 0 Å². The average Bonchev–Trinajstić information content (AvgIpc) is 3.23. The Morgan fingerprint density at radius 3 is 1.39 bits per heavy atom. The van der Waals surface area contributed by atoms with Crippen molar-refractivity contribution in [2.24, 2.45) is 0 Å². The van der Waals surface area contributed by atoms with Gasteiger partial charge in [0.1, 0.15) is 6.61 Å². The lowest BCUT2D eigenvalue weighted by Crippen LogP contribution is -2.50. The van der Waals surface area contributed by atoms with Crippen LogP contribution in [0.25, 0.3) is 0 Å². The van der Waals surface area contributed by atoms with Crippen LogP contribution in [0.1, 0.15) is 213 Å². The van der Waals surface area contributed by atoms with Gasteiger partial charge in [-0.25, -0.2) is 4.79 Å². The zero-order valence-electron chi connectivity index (χ0n) is 40.8. The van der Waals surface area contributed by atoms with Gasteiger partial charge in [0, 0.05) is 19.3 Å². The number of hydrogen-bond donors (Lipinski definition) is 1. The summed E-state index contributed by atoms with van der Waals surface area (Å²) in [6.45, 7) is 4.59. The monoisotopic (exact) mass is 871 g/mol. The molecule has 0 rings (SSSR count). The lowest BCUT2D eigenvalue weighted by molar-refractivity contribution is -0.887. The van der Waals surface area contributed by atoms with Crippen molar-refractivity contribution in [2.75, 3.05) is 41.0 Å². The molecule has 8 heteroatoms. The van der Waals surface area contributed by atoms with Gasteiger partial charge in [0.2, 0.25) is 0 Å². The van der Waals surface area contributed by atoms with Crippen LogP contribution < -0.4 is 0 Å². The number of unbranched alkanes of at least 4 members (excludes halogenated alkanes) is 21. The number of carboxylic acids is 1.